The van der Waals surface area contributed by atoms with Crippen molar-refractivity contribution < 1.29 is 0 Å². The molecule has 0 amide bonds. The fourth-order valence-corrected chi connectivity index (χ4v) is 1.05. The van der Waals surface area contributed by atoms with E-state index < -0.39 is 0 Å². The van der Waals surface area contributed by atoms with Gasteiger partial charge in [0.15, 0.2) is 5.82 Å². The molecule has 1 aromatic heterocycles. The zero-order valence-corrected chi connectivity index (χ0v) is 11.8. The highest BCUT2D eigenvalue weighted by Gasteiger charge is 2.07. The van der Waals surface area contributed by atoms with Crippen LogP contribution in [-0.4, -0.2) is 21.2 Å². The van der Waals surface area contributed by atoms with Crippen LogP contribution >= 0.6 is 0 Å². The molecule has 0 aliphatic rings. The fourth-order valence-electron chi connectivity index (χ4n) is 1.05. The minimum Gasteiger partial charge on any atom is -0.240 e. The maximum Gasteiger partial charge on any atom is 0.173 e. The summed E-state index contributed by atoms with van der Waals surface area (Å²) in [5.41, 5.74) is 0.968. The van der Waals surface area contributed by atoms with Gasteiger partial charge in [-0.25, -0.2) is 9.67 Å². The van der Waals surface area contributed by atoms with Gasteiger partial charge in [0.05, 0.1) is 0 Å². The molecule has 0 fully saturated rings. The standard InChI is InChI=1S/C8H14N4.2C2H6/c1-4-7-8(9-5-2)12(6-3)11-10-7;2*1-2/h5H,4,6H2,1-3H3;2*1-2H3/b9-5-;;. The zero-order valence-electron chi connectivity index (χ0n) is 11.8. The first kappa shape index (κ1) is 17.2. The molecule has 0 atom stereocenters. The molecule has 0 spiro atoms. The van der Waals surface area contributed by atoms with Crippen LogP contribution in [0.15, 0.2) is 4.99 Å². The van der Waals surface area contributed by atoms with Crippen molar-refractivity contribution >= 4 is 12.0 Å². The molecule has 0 saturated carbocycles. The average Bonchev–Trinajstić information content (AvgIpc) is 2.77. The van der Waals surface area contributed by atoms with E-state index in [1.165, 1.54) is 0 Å². The molecule has 0 unspecified atom stereocenters. The Morgan fingerprint density at radius 3 is 2.12 bits per heavy atom. The molecule has 0 bridgehead atoms. The number of nitrogens with zero attached hydrogens (tertiary/aromatic N) is 4. The first-order valence-corrected chi connectivity index (χ1v) is 6.24. The highest BCUT2D eigenvalue weighted by atomic mass is 15.4. The van der Waals surface area contributed by atoms with Crippen LogP contribution in [0.3, 0.4) is 0 Å². The molecule has 4 nitrogen and oxygen atoms in total. The highest BCUT2D eigenvalue weighted by molar-refractivity contribution is 5.59. The van der Waals surface area contributed by atoms with Crippen molar-refractivity contribution in [3.63, 3.8) is 0 Å². The molecule has 0 N–H and O–H groups in total. The minimum absolute atomic E-state index is 0.819. The number of hydrogen-bond acceptors (Lipinski definition) is 3. The van der Waals surface area contributed by atoms with E-state index >= 15 is 0 Å². The second kappa shape index (κ2) is 11.9. The van der Waals surface area contributed by atoms with Crippen molar-refractivity contribution in [1.29, 1.82) is 0 Å². The average molecular weight is 226 g/mol. The number of aromatic nitrogens is 3. The van der Waals surface area contributed by atoms with Gasteiger partial charge < -0.3 is 0 Å². The molecular weight excluding hydrogens is 200 g/mol. The fraction of sp³-hybridized carbons (Fsp3) is 0.750. The molecular formula is C12H26N4. The molecule has 4 heteroatoms. The smallest absolute Gasteiger partial charge is 0.173 e. The summed E-state index contributed by atoms with van der Waals surface area (Å²) in [7, 11) is 0. The summed E-state index contributed by atoms with van der Waals surface area (Å²) in [6, 6.07) is 0. The predicted octanol–water partition coefficient (Wildman–Crippen LogP) is 3.64. The third kappa shape index (κ3) is 5.05. The zero-order chi connectivity index (χ0) is 13.0. The monoisotopic (exact) mass is 226 g/mol. The van der Waals surface area contributed by atoms with Gasteiger partial charge in [0.1, 0.15) is 5.69 Å². The molecule has 0 aliphatic heterocycles. The van der Waals surface area contributed by atoms with Gasteiger partial charge >= 0.3 is 0 Å². The predicted molar refractivity (Wildman–Crippen MR) is 71.6 cm³/mol. The lowest BCUT2D eigenvalue weighted by Gasteiger charge is -1.97. The molecule has 0 aliphatic carbocycles. The Morgan fingerprint density at radius 1 is 1.19 bits per heavy atom. The second-order valence-electron chi connectivity index (χ2n) is 2.42. The van der Waals surface area contributed by atoms with Gasteiger partial charge in [0, 0.05) is 12.8 Å². The third-order valence-corrected chi connectivity index (χ3v) is 1.66. The van der Waals surface area contributed by atoms with Crippen LogP contribution in [0.2, 0.25) is 0 Å². The van der Waals surface area contributed by atoms with Gasteiger partial charge in [0.2, 0.25) is 0 Å². The largest absolute Gasteiger partial charge is 0.240 e. The summed E-state index contributed by atoms with van der Waals surface area (Å²) in [5, 5.41) is 8.00. The van der Waals surface area contributed by atoms with Gasteiger partial charge in [-0.3, -0.25) is 0 Å². The Labute approximate surface area is 99.8 Å². The third-order valence-electron chi connectivity index (χ3n) is 1.66. The number of aryl methyl sites for hydroxylation is 2. The Bertz CT molecular complexity index is 255. The lowest BCUT2D eigenvalue weighted by atomic mass is 10.3. The molecule has 1 heterocycles. The molecule has 1 rings (SSSR count). The number of hydrogen-bond donors (Lipinski definition) is 0. The van der Waals surface area contributed by atoms with Crippen molar-refractivity contribution in [3.05, 3.63) is 5.69 Å². The van der Waals surface area contributed by atoms with E-state index in [4.69, 9.17) is 0 Å². The van der Waals surface area contributed by atoms with Crippen molar-refractivity contribution in [2.24, 2.45) is 4.99 Å². The van der Waals surface area contributed by atoms with E-state index in [9.17, 15) is 0 Å². The SMILES string of the molecule is C/C=N\c1c(CC)nnn1CC.CC.CC. The van der Waals surface area contributed by atoms with Crippen LogP contribution in [-0.2, 0) is 13.0 Å². The summed E-state index contributed by atoms with van der Waals surface area (Å²) in [6.07, 6.45) is 2.65. The van der Waals surface area contributed by atoms with Crippen LogP contribution in [0.1, 0.15) is 54.2 Å². The van der Waals surface area contributed by atoms with Gasteiger partial charge in [-0.1, -0.05) is 39.8 Å². The summed E-state index contributed by atoms with van der Waals surface area (Å²) >= 11 is 0. The maximum atomic E-state index is 4.22. The van der Waals surface area contributed by atoms with Crippen molar-refractivity contribution in [1.82, 2.24) is 15.0 Å². The van der Waals surface area contributed by atoms with Crippen LogP contribution in [0.4, 0.5) is 5.82 Å². The molecule has 0 radical (unpaired) electrons. The second-order valence-corrected chi connectivity index (χ2v) is 2.42. The van der Waals surface area contributed by atoms with Gasteiger partial charge in [-0.15, -0.1) is 5.10 Å². The number of rotatable bonds is 3. The molecule has 16 heavy (non-hydrogen) atoms. The highest BCUT2D eigenvalue weighted by Crippen LogP contribution is 2.15. The summed E-state index contributed by atoms with van der Waals surface area (Å²) in [6.45, 7) is 14.8. The Balaban J connectivity index is 0. The summed E-state index contributed by atoms with van der Waals surface area (Å²) in [4.78, 5) is 4.22. The van der Waals surface area contributed by atoms with Crippen LogP contribution < -0.4 is 0 Å². The Kier molecular flexibility index (Phi) is 12.8. The van der Waals surface area contributed by atoms with E-state index in [1.807, 2.05) is 41.5 Å². The summed E-state index contributed by atoms with van der Waals surface area (Å²) in [5.74, 6) is 0.891. The van der Waals surface area contributed by atoms with Gasteiger partial charge in [0.25, 0.3) is 0 Å². The Morgan fingerprint density at radius 2 is 1.75 bits per heavy atom. The van der Waals surface area contributed by atoms with E-state index in [1.54, 1.807) is 10.9 Å². The molecule has 1 aromatic rings. The van der Waals surface area contributed by atoms with E-state index in [-0.39, 0.29) is 0 Å². The quantitative estimate of drug-likeness (QED) is 0.738. The molecule has 0 aromatic carbocycles. The van der Waals surface area contributed by atoms with Crippen molar-refractivity contribution in [3.8, 4) is 0 Å². The first-order chi connectivity index (χ1) is 7.83. The van der Waals surface area contributed by atoms with Crippen LogP contribution in [0, 0.1) is 0 Å². The lowest BCUT2D eigenvalue weighted by molar-refractivity contribution is 0.630. The summed E-state index contributed by atoms with van der Waals surface area (Å²) < 4.78 is 1.80. The maximum absolute atomic E-state index is 4.22. The van der Waals surface area contributed by atoms with E-state index in [2.05, 4.69) is 22.2 Å². The van der Waals surface area contributed by atoms with E-state index in [0.717, 1.165) is 24.5 Å². The Hall–Kier alpha value is -1.19. The van der Waals surface area contributed by atoms with Crippen LogP contribution in [0.25, 0.3) is 0 Å². The molecule has 94 valence electrons. The van der Waals surface area contributed by atoms with Crippen molar-refractivity contribution in [2.45, 2.75) is 61.4 Å². The van der Waals surface area contributed by atoms with Gasteiger partial charge in [-0.05, 0) is 20.3 Å². The lowest BCUT2D eigenvalue weighted by Crippen LogP contribution is -1.95. The number of aliphatic imine (C=N–C) groups is 1. The van der Waals surface area contributed by atoms with Gasteiger partial charge in [-0.2, -0.15) is 0 Å². The van der Waals surface area contributed by atoms with Crippen LogP contribution in [0.5, 0.6) is 0 Å². The molecule has 0 saturated heterocycles. The minimum atomic E-state index is 0.819. The topological polar surface area (TPSA) is 43.1 Å². The van der Waals surface area contributed by atoms with Crippen molar-refractivity contribution in [2.75, 3.05) is 0 Å². The first-order valence-electron chi connectivity index (χ1n) is 6.24. The normalized spacial score (nSPS) is 9.19. The van der Waals surface area contributed by atoms with E-state index in [0.29, 0.717) is 0 Å².